The molecule has 0 fully saturated rings. The molecule has 6 rings (SSSR count). The summed E-state index contributed by atoms with van der Waals surface area (Å²) in [6, 6.07) is 2.36. The lowest BCUT2D eigenvalue weighted by molar-refractivity contribution is 0.0691. The first-order valence-corrected chi connectivity index (χ1v) is 11.7. The predicted molar refractivity (Wildman–Crippen MR) is 136 cm³/mol. The van der Waals surface area contributed by atoms with Crippen molar-refractivity contribution in [1.29, 1.82) is 0 Å². The number of methoxy groups -OCH3 is 2. The second-order valence-corrected chi connectivity index (χ2v) is 9.11. The van der Waals surface area contributed by atoms with E-state index in [1.54, 1.807) is 6.07 Å². The van der Waals surface area contributed by atoms with Crippen molar-refractivity contribution < 1.29 is 39.2 Å². The zero-order chi connectivity index (χ0) is 27.0. The second-order valence-electron chi connectivity index (χ2n) is 9.11. The van der Waals surface area contributed by atoms with Gasteiger partial charge < -0.3 is 45.4 Å². The number of aromatic hydroxyl groups is 2. The second kappa shape index (κ2) is 7.96. The average molecular weight is 521 g/mol. The fourth-order valence-electron chi connectivity index (χ4n) is 5.69. The first-order valence-electron chi connectivity index (χ1n) is 11.7. The van der Waals surface area contributed by atoms with Gasteiger partial charge in [0.15, 0.2) is 23.0 Å². The number of urea groups is 1. The third kappa shape index (κ3) is 2.95. The molecule has 196 valence electrons. The van der Waals surface area contributed by atoms with Gasteiger partial charge in [-0.05, 0) is 36.1 Å². The molecule has 0 bridgehead atoms. The van der Waals surface area contributed by atoms with Crippen molar-refractivity contribution in [3.05, 3.63) is 34.6 Å². The van der Waals surface area contributed by atoms with Crippen molar-refractivity contribution in [2.24, 2.45) is 5.73 Å². The number of anilines is 2. The molecule has 0 radical (unpaired) electrons. The molecule has 0 saturated heterocycles. The molecule has 4 aromatic rings. The summed E-state index contributed by atoms with van der Waals surface area (Å²) in [5.74, 6) is -2.09. The molecule has 0 saturated carbocycles. The van der Waals surface area contributed by atoms with E-state index < -0.39 is 17.9 Å². The number of ether oxygens (including phenoxy) is 2. The van der Waals surface area contributed by atoms with Gasteiger partial charge in [0.25, 0.3) is 5.91 Å². The zero-order valence-electron chi connectivity index (χ0n) is 20.3. The van der Waals surface area contributed by atoms with Crippen molar-refractivity contribution in [1.82, 2.24) is 9.97 Å². The fourth-order valence-corrected chi connectivity index (χ4v) is 5.69. The van der Waals surface area contributed by atoms with Gasteiger partial charge in [0, 0.05) is 23.9 Å². The summed E-state index contributed by atoms with van der Waals surface area (Å²) in [4.78, 5) is 45.7. The summed E-state index contributed by atoms with van der Waals surface area (Å²) in [6.07, 6.45) is 0.791. The van der Waals surface area contributed by atoms with Crippen molar-refractivity contribution in [2.45, 2.75) is 12.8 Å². The van der Waals surface area contributed by atoms with Crippen LogP contribution in [0.2, 0.25) is 0 Å². The standard InChI is InChI=1S/C25H23N5O8/c1-37-21-15-11(10-4-6-30(25(26)36)18(10)20(21)32)7-13(27-15)23(33)29-5-3-9-12-8-14(24(34)35)28-16(12)22(38-2)19(31)17(9)29/h7-8,27-28,31-32H,3-6H2,1-2H3,(H2,26,36)(H,34,35). The summed E-state index contributed by atoms with van der Waals surface area (Å²) >= 11 is 0. The molecule has 2 aliphatic heterocycles. The number of carbonyl (C=O) groups is 3. The van der Waals surface area contributed by atoms with Gasteiger partial charge in [-0.25, -0.2) is 9.59 Å². The topological polar surface area (TPSA) is 194 Å². The number of aromatic nitrogens is 2. The number of hydrogen-bond donors (Lipinski definition) is 6. The highest BCUT2D eigenvalue weighted by Gasteiger charge is 2.36. The number of benzene rings is 2. The number of nitrogens with zero attached hydrogens (tertiary/aromatic N) is 2. The molecule has 2 aromatic carbocycles. The van der Waals surface area contributed by atoms with Crippen LogP contribution in [0.4, 0.5) is 16.2 Å². The number of phenols is 2. The van der Waals surface area contributed by atoms with Crippen LogP contribution < -0.4 is 25.0 Å². The van der Waals surface area contributed by atoms with E-state index in [0.717, 1.165) is 0 Å². The van der Waals surface area contributed by atoms with E-state index in [1.807, 2.05) is 0 Å². The van der Waals surface area contributed by atoms with Crippen LogP contribution in [0.3, 0.4) is 0 Å². The smallest absolute Gasteiger partial charge is 0.352 e. The van der Waals surface area contributed by atoms with E-state index in [2.05, 4.69) is 9.97 Å². The van der Waals surface area contributed by atoms with Crippen LogP contribution in [-0.4, -0.2) is 70.5 Å². The lowest BCUT2D eigenvalue weighted by atomic mass is 10.0. The van der Waals surface area contributed by atoms with E-state index in [4.69, 9.17) is 15.2 Å². The summed E-state index contributed by atoms with van der Waals surface area (Å²) in [5, 5.41) is 32.5. The zero-order valence-corrected chi connectivity index (χ0v) is 20.3. The highest BCUT2D eigenvalue weighted by atomic mass is 16.5. The van der Waals surface area contributed by atoms with Gasteiger partial charge in [-0.3, -0.25) is 9.69 Å². The van der Waals surface area contributed by atoms with Gasteiger partial charge in [0.2, 0.25) is 0 Å². The van der Waals surface area contributed by atoms with Crippen LogP contribution in [0, 0.1) is 0 Å². The summed E-state index contributed by atoms with van der Waals surface area (Å²) in [7, 11) is 2.71. The number of rotatable bonds is 4. The van der Waals surface area contributed by atoms with Crippen LogP contribution in [0.5, 0.6) is 23.0 Å². The van der Waals surface area contributed by atoms with Crippen LogP contribution in [0.1, 0.15) is 32.1 Å². The van der Waals surface area contributed by atoms with Crippen molar-refractivity contribution in [2.75, 3.05) is 37.1 Å². The van der Waals surface area contributed by atoms with Gasteiger partial charge >= 0.3 is 12.0 Å². The molecule has 3 amide bonds. The number of nitrogens with two attached hydrogens (primary N) is 1. The molecule has 2 aliphatic rings. The minimum Gasteiger partial charge on any atom is -0.503 e. The Kier molecular flexibility index (Phi) is 4.89. The Morgan fingerprint density at radius 1 is 0.842 bits per heavy atom. The highest BCUT2D eigenvalue weighted by molar-refractivity contribution is 6.14. The molecule has 0 atom stereocenters. The number of carboxylic acid groups (broad SMARTS) is 1. The highest BCUT2D eigenvalue weighted by Crippen LogP contribution is 2.51. The number of carboxylic acids is 1. The molecule has 0 unspecified atom stereocenters. The number of fused-ring (bicyclic) bond motifs is 6. The average Bonchev–Trinajstić information content (AvgIpc) is 3.67. The van der Waals surface area contributed by atoms with E-state index >= 15 is 0 Å². The largest absolute Gasteiger partial charge is 0.503 e. The van der Waals surface area contributed by atoms with E-state index in [9.17, 15) is 29.7 Å². The molecule has 0 spiro atoms. The van der Waals surface area contributed by atoms with Crippen LogP contribution in [0.15, 0.2) is 12.1 Å². The molecule has 2 aromatic heterocycles. The van der Waals surface area contributed by atoms with Crippen molar-refractivity contribution in [3.63, 3.8) is 0 Å². The van der Waals surface area contributed by atoms with Gasteiger partial charge in [-0.2, -0.15) is 0 Å². The number of amides is 3. The molecular weight excluding hydrogens is 498 g/mol. The molecule has 13 heteroatoms. The quantitative estimate of drug-likeness (QED) is 0.235. The number of H-pyrrole nitrogens is 2. The minimum absolute atomic E-state index is 0.0264. The molecule has 4 heterocycles. The monoisotopic (exact) mass is 521 g/mol. The van der Waals surface area contributed by atoms with Crippen molar-refractivity contribution >= 4 is 51.1 Å². The van der Waals surface area contributed by atoms with Crippen LogP contribution >= 0.6 is 0 Å². The van der Waals surface area contributed by atoms with Gasteiger partial charge in [0.1, 0.15) is 11.4 Å². The number of carbonyl (C=O) groups excluding carboxylic acids is 2. The third-order valence-electron chi connectivity index (χ3n) is 7.28. The maximum Gasteiger partial charge on any atom is 0.352 e. The van der Waals surface area contributed by atoms with Crippen molar-refractivity contribution in [3.8, 4) is 23.0 Å². The van der Waals surface area contributed by atoms with Crippen LogP contribution in [0.25, 0.3) is 21.8 Å². The predicted octanol–water partition coefficient (Wildman–Crippen LogP) is 2.42. The maximum atomic E-state index is 13.8. The number of aromatic carboxylic acids is 1. The SMILES string of the molecule is COc1c(O)c2c(c3cc(C(=O)N4CCc5c4c(O)c(OC)c4[nH]c(C(=O)O)cc54)[nH]c13)CCN2C(N)=O. The molecule has 0 aliphatic carbocycles. The van der Waals surface area contributed by atoms with E-state index in [1.165, 1.54) is 30.1 Å². The van der Waals surface area contributed by atoms with E-state index in [-0.39, 0.29) is 58.9 Å². The minimum atomic E-state index is -1.17. The molecule has 13 nitrogen and oxygen atoms in total. The van der Waals surface area contributed by atoms with Gasteiger partial charge in [-0.15, -0.1) is 0 Å². The summed E-state index contributed by atoms with van der Waals surface area (Å²) in [5.41, 5.74) is 8.03. The normalized spacial score (nSPS) is 14.3. The number of phenolic OH excluding ortho intramolecular Hbond substituents is 2. The Morgan fingerprint density at radius 3 is 1.82 bits per heavy atom. The number of aromatic amines is 2. The Balaban J connectivity index is 1.50. The third-order valence-corrected chi connectivity index (χ3v) is 7.28. The molecule has 38 heavy (non-hydrogen) atoms. The lowest BCUT2D eigenvalue weighted by Crippen LogP contribution is -2.34. The summed E-state index contributed by atoms with van der Waals surface area (Å²) < 4.78 is 10.8. The van der Waals surface area contributed by atoms with Gasteiger partial charge in [-0.1, -0.05) is 0 Å². The fraction of sp³-hybridized carbons (Fsp3) is 0.240. The van der Waals surface area contributed by atoms with Crippen LogP contribution in [-0.2, 0) is 12.8 Å². The van der Waals surface area contributed by atoms with Gasteiger partial charge in [0.05, 0.1) is 36.6 Å². The number of hydrogen-bond acceptors (Lipinski definition) is 7. The molecule has 7 N–H and O–H groups in total. The Bertz CT molecular complexity index is 1720. The maximum absolute atomic E-state index is 13.8. The Hall–Kier alpha value is -5.07. The summed E-state index contributed by atoms with van der Waals surface area (Å²) in [6.45, 7) is 0.496. The lowest BCUT2D eigenvalue weighted by Gasteiger charge is -2.19. The number of nitrogens with one attached hydrogen (secondary N) is 2. The Morgan fingerprint density at radius 2 is 1.32 bits per heavy atom. The first-order chi connectivity index (χ1) is 18.2. The van der Waals surface area contributed by atoms with E-state index in [0.29, 0.717) is 45.8 Å². The Labute approximate surface area is 213 Å². The number of primary amides is 1. The molecular formula is C25H23N5O8. The first kappa shape index (κ1) is 23.3.